The molecule has 0 spiro atoms. The summed E-state index contributed by atoms with van der Waals surface area (Å²) < 4.78 is 10.7. The number of nitrogens with one attached hydrogen (secondary N) is 1. The Morgan fingerprint density at radius 1 is 1.14 bits per heavy atom. The first-order valence-electron chi connectivity index (χ1n) is 9.63. The fraction of sp³-hybridized carbons (Fsp3) is 0.318. The predicted octanol–water partition coefficient (Wildman–Crippen LogP) is 3.40. The van der Waals surface area contributed by atoms with Crippen LogP contribution in [0.5, 0.6) is 5.75 Å². The molecule has 0 radical (unpaired) electrons. The number of amides is 2. The molecule has 2 amide bonds. The van der Waals surface area contributed by atoms with Crippen LogP contribution in [-0.4, -0.2) is 37.0 Å². The Kier molecular flexibility index (Phi) is 6.49. The summed E-state index contributed by atoms with van der Waals surface area (Å²) in [5.41, 5.74) is 1.67. The van der Waals surface area contributed by atoms with E-state index in [0.717, 1.165) is 6.42 Å². The van der Waals surface area contributed by atoms with E-state index in [2.05, 4.69) is 5.32 Å². The van der Waals surface area contributed by atoms with Crippen molar-refractivity contribution < 1.29 is 23.9 Å². The van der Waals surface area contributed by atoms with Crippen molar-refractivity contribution in [3.63, 3.8) is 0 Å². The van der Waals surface area contributed by atoms with Crippen molar-refractivity contribution in [2.24, 2.45) is 0 Å². The van der Waals surface area contributed by atoms with Gasteiger partial charge in [-0.05, 0) is 49.7 Å². The second-order valence-electron chi connectivity index (χ2n) is 6.73. The maximum absolute atomic E-state index is 12.5. The van der Waals surface area contributed by atoms with Gasteiger partial charge in [0.2, 0.25) is 5.91 Å². The van der Waals surface area contributed by atoms with Crippen LogP contribution in [0.15, 0.2) is 48.5 Å². The molecule has 0 aromatic heterocycles. The lowest BCUT2D eigenvalue weighted by atomic mass is 10.1. The fourth-order valence-corrected chi connectivity index (χ4v) is 2.99. The van der Waals surface area contributed by atoms with Crippen molar-refractivity contribution >= 4 is 29.2 Å². The van der Waals surface area contributed by atoms with Crippen molar-refractivity contribution in [3.8, 4) is 5.75 Å². The van der Waals surface area contributed by atoms with Gasteiger partial charge in [0.05, 0.1) is 17.9 Å². The zero-order valence-electron chi connectivity index (χ0n) is 16.5. The molecule has 152 valence electrons. The Hall–Kier alpha value is -3.35. The van der Waals surface area contributed by atoms with E-state index in [1.54, 1.807) is 48.2 Å². The molecular weight excluding hydrogens is 372 g/mol. The molecule has 1 aliphatic rings. The van der Waals surface area contributed by atoms with Crippen molar-refractivity contribution in [1.82, 2.24) is 0 Å². The molecule has 3 rings (SSSR count). The first-order valence-corrected chi connectivity index (χ1v) is 9.63. The molecule has 1 unspecified atom stereocenters. The van der Waals surface area contributed by atoms with Gasteiger partial charge in [-0.15, -0.1) is 0 Å². The number of para-hydroxylation sites is 2. The zero-order chi connectivity index (χ0) is 20.8. The Morgan fingerprint density at radius 3 is 2.59 bits per heavy atom. The lowest BCUT2D eigenvalue weighted by Crippen LogP contribution is -2.45. The molecule has 1 heterocycles. The molecule has 0 fully saturated rings. The first kappa shape index (κ1) is 20.4. The molecule has 2 aromatic rings. The third-order valence-electron chi connectivity index (χ3n) is 4.48. The molecule has 1 aliphatic heterocycles. The maximum Gasteiger partial charge on any atom is 0.338 e. The van der Waals surface area contributed by atoms with E-state index in [1.165, 1.54) is 0 Å². The van der Waals surface area contributed by atoms with E-state index >= 15 is 0 Å². The molecule has 7 heteroatoms. The topological polar surface area (TPSA) is 84.9 Å². The number of rotatable bonds is 7. The van der Waals surface area contributed by atoms with Crippen LogP contribution in [0.1, 0.15) is 37.0 Å². The van der Waals surface area contributed by atoms with Gasteiger partial charge in [-0.25, -0.2) is 4.79 Å². The summed E-state index contributed by atoms with van der Waals surface area (Å²) in [5.74, 6) is -0.156. The van der Waals surface area contributed by atoms with Gasteiger partial charge in [0.25, 0.3) is 5.91 Å². The third kappa shape index (κ3) is 4.93. The van der Waals surface area contributed by atoms with Gasteiger partial charge in [-0.2, -0.15) is 0 Å². The molecular formula is C22H24N2O5. The highest BCUT2D eigenvalue weighted by Crippen LogP contribution is 2.33. The first-order chi connectivity index (χ1) is 14.0. The Morgan fingerprint density at radius 2 is 1.86 bits per heavy atom. The van der Waals surface area contributed by atoms with E-state index in [0.29, 0.717) is 29.3 Å². The molecule has 2 aromatic carbocycles. The lowest BCUT2D eigenvalue weighted by Gasteiger charge is -2.32. The van der Waals surface area contributed by atoms with Gasteiger partial charge in [0, 0.05) is 18.7 Å². The van der Waals surface area contributed by atoms with E-state index < -0.39 is 6.10 Å². The van der Waals surface area contributed by atoms with Gasteiger partial charge in [-0.1, -0.05) is 19.1 Å². The van der Waals surface area contributed by atoms with Crippen LogP contribution in [0.4, 0.5) is 11.4 Å². The number of esters is 1. The van der Waals surface area contributed by atoms with Gasteiger partial charge < -0.3 is 19.7 Å². The number of ether oxygens (including phenoxy) is 2. The predicted molar refractivity (Wildman–Crippen MR) is 109 cm³/mol. The highest BCUT2D eigenvalue weighted by molar-refractivity contribution is 6.01. The molecule has 1 N–H and O–H groups in total. The Labute approximate surface area is 169 Å². The number of nitrogens with zero attached hydrogens (tertiary/aromatic N) is 1. The fourth-order valence-electron chi connectivity index (χ4n) is 2.99. The van der Waals surface area contributed by atoms with Crippen LogP contribution in [0.25, 0.3) is 0 Å². The van der Waals surface area contributed by atoms with Crippen LogP contribution < -0.4 is 15.0 Å². The van der Waals surface area contributed by atoms with E-state index in [1.807, 2.05) is 19.1 Å². The second-order valence-corrected chi connectivity index (χ2v) is 6.73. The highest BCUT2D eigenvalue weighted by atomic mass is 16.5. The summed E-state index contributed by atoms with van der Waals surface area (Å²) in [6.45, 7) is 4.24. The molecule has 29 heavy (non-hydrogen) atoms. The number of anilines is 2. The average molecular weight is 396 g/mol. The number of hydrogen-bond acceptors (Lipinski definition) is 5. The van der Waals surface area contributed by atoms with Gasteiger partial charge in [0.15, 0.2) is 6.10 Å². The number of fused-ring (bicyclic) bond motifs is 1. The van der Waals surface area contributed by atoms with Crippen molar-refractivity contribution in [2.75, 3.05) is 23.4 Å². The van der Waals surface area contributed by atoms with Crippen LogP contribution in [-0.2, 0) is 14.3 Å². The van der Waals surface area contributed by atoms with Gasteiger partial charge in [0.1, 0.15) is 5.75 Å². The standard InChI is InChI=1S/C22H24N2O5/c1-3-14-28-22(27)16-8-10-17(11-9-16)23-20(25)12-13-24-18-6-4-5-7-19(18)29-15(2)21(24)26/h4-11,15H,3,12-14H2,1-2H3,(H,23,25). The third-order valence-corrected chi connectivity index (χ3v) is 4.48. The molecule has 0 saturated carbocycles. The number of hydrogen-bond donors (Lipinski definition) is 1. The van der Waals surface area contributed by atoms with Crippen molar-refractivity contribution in [2.45, 2.75) is 32.8 Å². The minimum absolute atomic E-state index is 0.132. The summed E-state index contributed by atoms with van der Waals surface area (Å²) >= 11 is 0. The van der Waals surface area contributed by atoms with E-state index in [-0.39, 0.29) is 30.7 Å². The lowest BCUT2D eigenvalue weighted by molar-refractivity contribution is -0.125. The normalized spacial score (nSPS) is 15.3. The SMILES string of the molecule is CCCOC(=O)c1ccc(NC(=O)CCN2C(=O)C(C)Oc3ccccc32)cc1. The van der Waals surface area contributed by atoms with Gasteiger partial charge in [-0.3, -0.25) is 9.59 Å². The maximum atomic E-state index is 12.5. The number of benzene rings is 2. The van der Waals surface area contributed by atoms with Gasteiger partial charge >= 0.3 is 5.97 Å². The van der Waals surface area contributed by atoms with Crippen molar-refractivity contribution in [3.05, 3.63) is 54.1 Å². The summed E-state index contributed by atoms with van der Waals surface area (Å²) in [6, 6.07) is 13.8. The summed E-state index contributed by atoms with van der Waals surface area (Å²) in [4.78, 5) is 38.2. The summed E-state index contributed by atoms with van der Waals surface area (Å²) in [7, 11) is 0. The van der Waals surface area contributed by atoms with E-state index in [9.17, 15) is 14.4 Å². The van der Waals surface area contributed by atoms with Crippen LogP contribution in [0.2, 0.25) is 0 Å². The molecule has 7 nitrogen and oxygen atoms in total. The number of carbonyl (C=O) groups excluding carboxylic acids is 3. The monoisotopic (exact) mass is 396 g/mol. The zero-order valence-corrected chi connectivity index (χ0v) is 16.5. The molecule has 0 bridgehead atoms. The molecule has 0 aliphatic carbocycles. The largest absolute Gasteiger partial charge is 0.479 e. The highest BCUT2D eigenvalue weighted by Gasteiger charge is 2.31. The molecule has 1 atom stereocenters. The van der Waals surface area contributed by atoms with Crippen LogP contribution >= 0.6 is 0 Å². The van der Waals surface area contributed by atoms with Crippen LogP contribution in [0.3, 0.4) is 0 Å². The second kappa shape index (κ2) is 9.23. The summed E-state index contributed by atoms with van der Waals surface area (Å²) in [5, 5.41) is 2.78. The summed E-state index contributed by atoms with van der Waals surface area (Å²) in [6.07, 6.45) is 0.301. The quantitative estimate of drug-likeness (QED) is 0.725. The van der Waals surface area contributed by atoms with Crippen LogP contribution in [0, 0.1) is 0 Å². The Bertz CT molecular complexity index is 894. The Balaban J connectivity index is 1.57. The minimum atomic E-state index is -0.590. The minimum Gasteiger partial charge on any atom is -0.479 e. The average Bonchev–Trinajstić information content (AvgIpc) is 2.73. The number of carbonyl (C=O) groups is 3. The van der Waals surface area contributed by atoms with E-state index in [4.69, 9.17) is 9.47 Å². The van der Waals surface area contributed by atoms with Crippen molar-refractivity contribution in [1.29, 1.82) is 0 Å². The smallest absolute Gasteiger partial charge is 0.338 e. The molecule has 0 saturated heterocycles.